The van der Waals surface area contributed by atoms with E-state index in [2.05, 4.69) is 15.9 Å². The zero-order chi connectivity index (χ0) is 16.2. The van der Waals surface area contributed by atoms with E-state index in [1.54, 1.807) is 6.07 Å². The minimum absolute atomic E-state index is 0.242. The Labute approximate surface area is 143 Å². The molecule has 118 valence electrons. The van der Waals surface area contributed by atoms with Gasteiger partial charge in [-0.05, 0) is 84.1 Å². The second-order valence-electron chi connectivity index (χ2n) is 6.79. The Kier molecular flexibility index (Phi) is 3.91. The Morgan fingerprint density at radius 2 is 2.18 bits per heavy atom. The number of nitrogens with two attached hydrogens (primary N) is 1. The van der Waals surface area contributed by atoms with Crippen LogP contribution in [0.2, 0.25) is 5.02 Å². The number of hydrogen-bond acceptors (Lipinski definition) is 2. The summed E-state index contributed by atoms with van der Waals surface area (Å²) in [7, 11) is 0. The van der Waals surface area contributed by atoms with Gasteiger partial charge in [0.2, 0.25) is 5.91 Å². The molecular formula is C17H19BrClNO2. The van der Waals surface area contributed by atoms with Gasteiger partial charge in [-0.3, -0.25) is 4.79 Å². The zero-order valence-electron chi connectivity index (χ0n) is 12.7. The SMILES string of the molecule is CC(C)(O)[C@H]1CCC2=C(Cc3c(C(N)=O)cc(Cl)c(Br)c32)C1. The third-order valence-electron chi connectivity index (χ3n) is 4.95. The quantitative estimate of drug-likeness (QED) is 0.807. The summed E-state index contributed by atoms with van der Waals surface area (Å²) in [6, 6.07) is 1.65. The maximum atomic E-state index is 11.7. The topological polar surface area (TPSA) is 63.3 Å². The molecule has 0 fully saturated rings. The van der Waals surface area contributed by atoms with Crippen molar-refractivity contribution < 1.29 is 9.90 Å². The van der Waals surface area contributed by atoms with Crippen LogP contribution in [0.4, 0.5) is 0 Å². The third-order valence-corrected chi connectivity index (χ3v) is 6.30. The van der Waals surface area contributed by atoms with Gasteiger partial charge in [-0.2, -0.15) is 0 Å². The Bertz CT molecular complexity index is 704. The van der Waals surface area contributed by atoms with Crippen molar-refractivity contribution in [2.45, 2.75) is 45.1 Å². The van der Waals surface area contributed by atoms with Crippen molar-refractivity contribution in [1.82, 2.24) is 0 Å². The minimum Gasteiger partial charge on any atom is -0.390 e. The predicted octanol–water partition coefficient (Wildman–Crippen LogP) is 4.08. The van der Waals surface area contributed by atoms with Gasteiger partial charge in [-0.15, -0.1) is 0 Å². The molecule has 3 nitrogen and oxygen atoms in total. The average Bonchev–Trinajstić information content (AvgIpc) is 2.79. The Morgan fingerprint density at radius 3 is 2.77 bits per heavy atom. The van der Waals surface area contributed by atoms with Crippen molar-refractivity contribution >= 4 is 39.0 Å². The second-order valence-corrected chi connectivity index (χ2v) is 7.99. The van der Waals surface area contributed by atoms with Crippen LogP contribution >= 0.6 is 27.5 Å². The monoisotopic (exact) mass is 383 g/mol. The molecule has 3 rings (SSSR count). The molecule has 1 aromatic rings. The Hall–Kier alpha value is -0.840. The molecule has 0 aromatic heterocycles. The molecule has 5 heteroatoms. The maximum Gasteiger partial charge on any atom is 0.249 e. The molecule has 1 aromatic carbocycles. The van der Waals surface area contributed by atoms with Gasteiger partial charge in [0.15, 0.2) is 0 Å². The van der Waals surface area contributed by atoms with Crippen LogP contribution in [0.1, 0.15) is 54.6 Å². The molecule has 0 aliphatic heterocycles. The molecule has 1 amide bonds. The summed E-state index contributed by atoms with van der Waals surface area (Å²) in [5.41, 5.74) is 9.94. The van der Waals surface area contributed by atoms with Crippen molar-refractivity contribution in [3.8, 4) is 0 Å². The average molecular weight is 385 g/mol. The van der Waals surface area contributed by atoms with Gasteiger partial charge in [0.05, 0.1) is 10.6 Å². The molecule has 0 saturated carbocycles. The highest BCUT2D eigenvalue weighted by atomic mass is 79.9. The number of benzene rings is 1. The number of primary amides is 1. The van der Waals surface area contributed by atoms with Crippen LogP contribution in [0, 0.1) is 5.92 Å². The summed E-state index contributed by atoms with van der Waals surface area (Å²) < 4.78 is 0.848. The number of halogens is 2. The largest absolute Gasteiger partial charge is 0.390 e. The highest BCUT2D eigenvalue weighted by Gasteiger charge is 2.37. The first kappa shape index (κ1) is 16.0. The van der Waals surface area contributed by atoms with Gasteiger partial charge in [0.1, 0.15) is 0 Å². The van der Waals surface area contributed by atoms with E-state index in [9.17, 15) is 9.90 Å². The molecule has 0 radical (unpaired) electrons. The number of carbonyl (C=O) groups is 1. The maximum absolute atomic E-state index is 11.7. The van der Waals surface area contributed by atoms with Crippen molar-refractivity contribution in [2.24, 2.45) is 11.7 Å². The van der Waals surface area contributed by atoms with Crippen LogP contribution in [-0.4, -0.2) is 16.6 Å². The molecule has 3 N–H and O–H groups in total. The lowest BCUT2D eigenvalue weighted by Gasteiger charge is -2.33. The van der Waals surface area contributed by atoms with Crippen molar-refractivity contribution in [3.63, 3.8) is 0 Å². The van der Waals surface area contributed by atoms with Crippen molar-refractivity contribution in [3.05, 3.63) is 37.8 Å². The van der Waals surface area contributed by atoms with E-state index in [0.717, 1.165) is 41.3 Å². The van der Waals surface area contributed by atoms with E-state index in [1.165, 1.54) is 11.1 Å². The van der Waals surface area contributed by atoms with Gasteiger partial charge in [-0.1, -0.05) is 17.2 Å². The smallest absolute Gasteiger partial charge is 0.249 e. The first-order chi connectivity index (χ1) is 10.2. The number of aliphatic hydroxyl groups is 1. The van der Waals surface area contributed by atoms with Gasteiger partial charge in [-0.25, -0.2) is 0 Å². The molecule has 0 heterocycles. The van der Waals surface area contributed by atoms with Crippen LogP contribution in [-0.2, 0) is 6.42 Å². The molecule has 22 heavy (non-hydrogen) atoms. The fourth-order valence-corrected chi connectivity index (χ4v) is 4.49. The number of fused-ring (bicyclic) bond motifs is 2. The van der Waals surface area contributed by atoms with E-state index in [0.29, 0.717) is 10.6 Å². The first-order valence-corrected chi connectivity index (χ1v) is 8.61. The third kappa shape index (κ3) is 2.51. The minimum atomic E-state index is -0.686. The van der Waals surface area contributed by atoms with Crippen LogP contribution in [0.15, 0.2) is 16.1 Å². The predicted molar refractivity (Wildman–Crippen MR) is 91.9 cm³/mol. The van der Waals surface area contributed by atoms with E-state index in [4.69, 9.17) is 17.3 Å². The van der Waals surface area contributed by atoms with Crippen LogP contribution in [0.5, 0.6) is 0 Å². The lowest BCUT2D eigenvalue weighted by molar-refractivity contribution is 0.0123. The van der Waals surface area contributed by atoms with Crippen LogP contribution in [0.3, 0.4) is 0 Å². The molecule has 0 bridgehead atoms. The zero-order valence-corrected chi connectivity index (χ0v) is 15.0. The van der Waals surface area contributed by atoms with E-state index in [-0.39, 0.29) is 5.92 Å². The number of amides is 1. The Balaban J connectivity index is 2.08. The fraction of sp³-hybridized carbons (Fsp3) is 0.471. The van der Waals surface area contributed by atoms with Gasteiger partial charge in [0.25, 0.3) is 0 Å². The number of rotatable bonds is 2. The Morgan fingerprint density at radius 1 is 1.50 bits per heavy atom. The van der Waals surface area contributed by atoms with E-state index >= 15 is 0 Å². The molecule has 0 spiro atoms. The van der Waals surface area contributed by atoms with Crippen molar-refractivity contribution in [2.75, 3.05) is 0 Å². The van der Waals surface area contributed by atoms with E-state index in [1.807, 2.05) is 13.8 Å². The first-order valence-electron chi connectivity index (χ1n) is 7.44. The van der Waals surface area contributed by atoms with Crippen LogP contribution in [0.25, 0.3) is 5.57 Å². The molecular weight excluding hydrogens is 366 g/mol. The highest BCUT2D eigenvalue weighted by molar-refractivity contribution is 9.10. The summed E-state index contributed by atoms with van der Waals surface area (Å²) in [5.74, 6) is -0.198. The molecule has 0 unspecified atom stereocenters. The second kappa shape index (κ2) is 5.36. The van der Waals surface area contributed by atoms with Gasteiger partial charge >= 0.3 is 0 Å². The number of allylic oxidation sites excluding steroid dienone is 2. The summed E-state index contributed by atoms with van der Waals surface area (Å²) in [6.07, 6.45) is 3.42. The summed E-state index contributed by atoms with van der Waals surface area (Å²) in [6.45, 7) is 3.74. The molecule has 2 aliphatic carbocycles. The van der Waals surface area contributed by atoms with E-state index < -0.39 is 11.5 Å². The normalized spacial score (nSPS) is 20.9. The van der Waals surface area contributed by atoms with Gasteiger partial charge < -0.3 is 10.8 Å². The number of carbonyl (C=O) groups excluding carboxylic acids is 1. The molecule has 2 aliphatic rings. The summed E-state index contributed by atoms with van der Waals surface area (Å²) in [5, 5.41) is 10.8. The standard InChI is InChI=1S/C17H19BrClNO2/c1-17(2,22)9-3-4-10-8(5-9)6-11-12(16(20)21)7-13(19)15(18)14(10)11/h7,9,22H,3-6H2,1-2H3,(H2,20,21)/t9-/m0/s1. The van der Waals surface area contributed by atoms with Gasteiger partial charge in [0, 0.05) is 10.0 Å². The molecule has 1 atom stereocenters. The van der Waals surface area contributed by atoms with Crippen LogP contribution < -0.4 is 5.73 Å². The lowest BCUT2D eigenvalue weighted by Crippen LogP contribution is -2.32. The molecule has 0 saturated heterocycles. The number of hydrogen-bond donors (Lipinski definition) is 2. The fourth-order valence-electron chi connectivity index (χ4n) is 3.70. The summed E-state index contributed by atoms with van der Waals surface area (Å²) >= 11 is 9.82. The summed E-state index contributed by atoms with van der Waals surface area (Å²) in [4.78, 5) is 11.7. The lowest BCUT2D eigenvalue weighted by atomic mass is 9.76. The highest BCUT2D eigenvalue weighted by Crippen LogP contribution is 2.50. The van der Waals surface area contributed by atoms with Crippen molar-refractivity contribution in [1.29, 1.82) is 0 Å².